The van der Waals surface area contributed by atoms with Gasteiger partial charge in [-0.15, -0.1) is 0 Å². The molecule has 2 fully saturated rings. The molecular formula is C14H18FNO3S. The molecule has 1 aromatic rings. The summed E-state index contributed by atoms with van der Waals surface area (Å²) in [6.45, 7) is 0.808. The zero-order valence-electron chi connectivity index (χ0n) is 11.2. The fraction of sp³-hybridized carbons (Fsp3) is 0.571. The van der Waals surface area contributed by atoms with Crippen LogP contribution in [0.25, 0.3) is 0 Å². The molecule has 6 heteroatoms. The summed E-state index contributed by atoms with van der Waals surface area (Å²) < 4.78 is 45.6. The first-order valence-electron chi connectivity index (χ1n) is 6.98. The van der Waals surface area contributed by atoms with Crippen molar-refractivity contribution in [3.63, 3.8) is 0 Å². The van der Waals surface area contributed by atoms with E-state index in [0.717, 1.165) is 25.7 Å². The van der Waals surface area contributed by atoms with E-state index in [4.69, 9.17) is 4.74 Å². The molecule has 1 aromatic carbocycles. The quantitative estimate of drug-likeness (QED) is 0.840. The highest BCUT2D eigenvalue weighted by atomic mass is 32.2. The minimum Gasteiger partial charge on any atom is -0.375 e. The summed E-state index contributed by atoms with van der Waals surface area (Å²) in [4.78, 5) is 0.158. The number of hydrogen-bond donors (Lipinski definition) is 0. The smallest absolute Gasteiger partial charge is 0.243 e. The van der Waals surface area contributed by atoms with E-state index in [9.17, 15) is 12.8 Å². The van der Waals surface area contributed by atoms with Gasteiger partial charge in [0.15, 0.2) is 0 Å². The van der Waals surface area contributed by atoms with Gasteiger partial charge in [0.05, 0.1) is 23.6 Å². The van der Waals surface area contributed by atoms with Crippen molar-refractivity contribution in [1.29, 1.82) is 0 Å². The summed E-state index contributed by atoms with van der Waals surface area (Å²) in [5.41, 5.74) is 0. The van der Waals surface area contributed by atoms with Gasteiger partial charge < -0.3 is 4.74 Å². The van der Waals surface area contributed by atoms with E-state index in [1.54, 1.807) is 4.31 Å². The summed E-state index contributed by atoms with van der Waals surface area (Å²) in [6.07, 6.45) is 3.88. The summed E-state index contributed by atoms with van der Waals surface area (Å²) in [5.74, 6) is -0.429. The van der Waals surface area contributed by atoms with Gasteiger partial charge in [0.2, 0.25) is 10.0 Å². The van der Waals surface area contributed by atoms with Crippen molar-refractivity contribution in [2.24, 2.45) is 0 Å². The standard InChI is InChI=1S/C14H18FNO3S/c15-11-5-7-12(8-6-11)20(17,18)16-9-10-19-14-4-2-1-3-13(14)16/h5-8,13-14H,1-4,9-10H2/t13-,14+/m0/s1. The average molecular weight is 299 g/mol. The topological polar surface area (TPSA) is 46.6 Å². The molecule has 1 heterocycles. The largest absolute Gasteiger partial charge is 0.375 e. The van der Waals surface area contributed by atoms with E-state index in [2.05, 4.69) is 0 Å². The van der Waals surface area contributed by atoms with Crippen LogP contribution in [0.5, 0.6) is 0 Å². The number of fused-ring (bicyclic) bond motifs is 1. The van der Waals surface area contributed by atoms with Gasteiger partial charge in [-0.2, -0.15) is 4.31 Å². The van der Waals surface area contributed by atoms with E-state index in [1.165, 1.54) is 24.3 Å². The van der Waals surface area contributed by atoms with Crippen LogP contribution in [0, 0.1) is 5.82 Å². The second-order valence-electron chi connectivity index (χ2n) is 5.33. The van der Waals surface area contributed by atoms with Crippen molar-refractivity contribution < 1.29 is 17.5 Å². The van der Waals surface area contributed by atoms with Crippen LogP contribution >= 0.6 is 0 Å². The molecule has 1 aliphatic carbocycles. The van der Waals surface area contributed by atoms with Gasteiger partial charge >= 0.3 is 0 Å². The van der Waals surface area contributed by atoms with E-state index >= 15 is 0 Å². The Morgan fingerprint density at radius 1 is 1.15 bits per heavy atom. The monoisotopic (exact) mass is 299 g/mol. The molecule has 0 aromatic heterocycles. The summed E-state index contributed by atoms with van der Waals surface area (Å²) in [6, 6.07) is 4.96. The van der Waals surface area contributed by atoms with Gasteiger partial charge in [0, 0.05) is 6.54 Å². The van der Waals surface area contributed by atoms with E-state index in [0.29, 0.717) is 13.2 Å². The first-order chi connectivity index (χ1) is 9.59. The molecule has 0 N–H and O–H groups in total. The highest BCUT2D eigenvalue weighted by Crippen LogP contribution is 2.32. The number of morpholine rings is 1. The Balaban J connectivity index is 1.91. The molecule has 110 valence electrons. The minimum atomic E-state index is -3.56. The molecule has 4 nitrogen and oxygen atoms in total. The second kappa shape index (κ2) is 5.42. The lowest BCUT2D eigenvalue weighted by Gasteiger charge is -2.42. The van der Waals surface area contributed by atoms with Crippen molar-refractivity contribution in [1.82, 2.24) is 4.31 Å². The Morgan fingerprint density at radius 3 is 2.60 bits per heavy atom. The molecule has 0 radical (unpaired) electrons. The van der Waals surface area contributed by atoms with Gasteiger partial charge in [-0.3, -0.25) is 0 Å². The maximum absolute atomic E-state index is 13.0. The first-order valence-corrected chi connectivity index (χ1v) is 8.42. The van der Waals surface area contributed by atoms with Crippen molar-refractivity contribution in [2.45, 2.75) is 42.7 Å². The van der Waals surface area contributed by atoms with Crippen LogP contribution in [0.3, 0.4) is 0 Å². The highest BCUT2D eigenvalue weighted by Gasteiger charge is 2.40. The molecule has 3 rings (SSSR count). The molecular weight excluding hydrogens is 281 g/mol. The molecule has 0 spiro atoms. The lowest BCUT2D eigenvalue weighted by molar-refractivity contribution is -0.0586. The summed E-state index contributed by atoms with van der Waals surface area (Å²) in [5, 5.41) is 0. The predicted octanol–water partition coefficient (Wildman–Crippen LogP) is 2.16. The normalized spacial score (nSPS) is 28.1. The Labute approximate surface area is 118 Å². The van der Waals surface area contributed by atoms with Crippen LogP contribution < -0.4 is 0 Å². The first kappa shape index (κ1) is 14.0. The molecule has 1 saturated carbocycles. The minimum absolute atomic E-state index is 0.00715. The number of rotatable bonds is 2. The fourth-order valence-electron chi connectivity index (χ4n) is 3.10. The maximum Gasteiger partial charge on any atom is 0.243 e. The van der Waals surface area contributed by atoms with Crippen molar-refractivity contribution in [3.05, 3.63) is 30.1 Å². The van der Waals surface area contributed by atoms with Crippen molar-refractivity contribution >= 4 is 10.0 Å². The number of halogens is 1. The van der Waals surface area contributed by atoms with Crippen molar-refractivity contribution in [3.8, 4) is 0 Å². The lowest BCUT2D eigenvalue weighted by atomic mass is 9.91. The molecule has 0 bridgehead atoms. The number of sulfonamides is 1. The van der Waals surface area contributed by atoms with Crippen LogP contribution in [-0.4, -0.2) is 38.0 Å². The zero-order chi connectivity index (χ0) is 14.2. The van der Waals surface area contributed by atoms with E-state index < -0.39 is 15.8 Å². The third-order valence-electron chi connectivity index (χ3n) is 4.10. The van der Waals surface area contributed by atoms with Gasteiger partial charge in [-0.25, -0.2) is 12.8 Å². The number of benzene rings is 1. The number of hydrogen-bond acceptors (Lipinski definition) is 3. The summed E-state index contributed by atoms with van der Waals surface area (Å²) in [7, 11) is -3.56. The summed E-state index contributed by atoms with van der Waals surface area (Å²) >= 11 is 0. The van der Waals surface area contributed by atoms with E-state index in [-0.39, 0.29) is 17.0 Å². The molecule has 2 atom stereocenters. The Hall–Kier alpha value is -0.980. The maximum atomic E-state index is 13.0. The number of ether oxygens (including phenoxy) is 1. The molecule has 1 aliphatic heterocycles. The van der Waals surface area contributed by atoms with Gasteiger partial charge in [-0.05, 0) is 37.1 Å². The molecule has 20 heavy (non-hydrogen) atoms. The second-order valence-corrected chi connectivity index (χ2v) is 7.22. The van der Waals surface area contributed by atoms with Crippen LogP contribution in [0.2, 0.25) is 0 Å². The molecule has 1 saturated heterocycles. The lowest BCUT2D eigenvalue weighted by Crippen LogP contribution is -2.54. The Morgan fingerprint density at radius 2 is 1.85 bits per heavy atom. The predicted molar refractivity (Wildman–Crippen MR) is 72.3 cm³/mol. The van der Waals surface area contributed by atoms with Crippen molar-refractivity contribution in [2.75, 3.05) is 13.2 Å². The third kappa shape index (κ3) is 2.47. The van der Waals surface area contributed by atoms with Gasteiger partial charge in [0.1, 0.15) is 5.82 Å². The zero-order valence-corrected chi connectivity index (χ0v) is 12.0. The highest BCUT2D eigenvalue weighted by molar-refractivity contribution is 7.89. The molecule has 0 amide bonds. The Kier molecular flexibility index (Phi) is 3.79. The van der Waals surface area contributed by atoms with E-state index in [1.807, 2.05) is 0 Å². The SMILES string of the molecule is O=S(=O)(c1ccc(F)cc1)N1CCO[C@@H]2CCCC[C@@H]21. The molecule has 2 aliphatic rings. The van der Waals surface area contributed by atoms with Crippen LogP contribution in [0.4, 0.5) is 4.39 Å². The Bertz CT molecular complexity index is 571. The average Bonchev–Trinajstić information content (AvgIpc) is 2.47. The third-order valence-corrected chi connectivity index (χ3v) is 6.04. The fourth-order valence-corrected chi connectivity index (χ4v) is 4.76. The van der Waals surface area contributed by atoms with Crippen LogP contribution in [-0.2, 0) is 14.8 Å². The molecule has 0 unspecified atom stereocenters. The number of nitrogens with zero attached hydrogens (tertiary/aromatic N) is 1. The van der Waals surface area contributed by atoms with Crippen LogP contribution in [0.1, 0.15) is 25.7 Å². The van der Waals surface area contributed by atoms with Crippen LogP contribution in [0.15, 0.2) is 29.2 Å². The van der Waals surface area contributed by atoms with Gasteiger partial charge in [-0.1, -0.05) is 12.8 Å². The van der Waals surface area contributed by atoms with Gasteiger partial charge in [0.25, 0.3) is 0 Å².